The largest absolute Gasteiger partial charge is 0.495 e. The highest BCUT2D eigenvalue weighted by Gasteiger charge is 2.48. The van der Waals surface area contributed by atoms with Gasteiger partial charge in [0.05, 0.1) is 17.0 Å². The molecule has 1 saturated carbocycles. The van der Waals surface area contributed by atoms with E-state index in [4.69, 9.17) is 32.7 Å². The molecule has 2 aromatic rings. The molecule has 1 aliphatic carbocycles. The SMILES string of the molecule is COc1cc(C2(S(=O)(=O)c3ccc(Cl)cc3)CCOCC2)cc(Cl)c1N(C(=O)C(C)(C)C)C1CCC1. The Morgan fingerprint density at radius 1 is 1.08 bits per heavy atom. The topological polar surface area (TPSA) is 72.9 Å². The van der Waals surface area contributed by atoms with Crippen LogP contribution in [0.25, 0.3) is 0 Å². The van der Waals surface area contributed by atoms with Crippen molar-refractivity contribution < 1.29 is 22.7 Å². The predicted molar refractivity (Wildman–Crippen MR) is 143 cm³/mol. The minimum atomic E-state index is -3.85. The maximum absolute atomic E-state index is 14.1. The monoisotopic (exact) mass is 553 g/mol. The molecule has 1 saturated heterocycles. The van der Waals surface area contributed by atoms with Crippen molar-refractivity contribution in [3.05, 3.63) is 52.0 Å². The molecular weight excluding hydrogens is 521 g/mol. The highest BCUT2D eigenvalue weighted by Crippen LogP contribution is 2.49. The summed E-state index contributed by atoms with van der Waals surface area (Å²) in [5.74, 6) is 0.342. The number of sulfone groups is 1. The summed E-state index contributed by atoms with van der Waals surface area (Å²) in [6.45, 7) is 6.23. The van der Waals surface area contributed by atoms with Gasteiger partial charge in [-0.25, -0.2) is 8.42 Å². The Morgan fingerprint density at radius 3 is 2.19 bits per heavy atom. The molecule has 2 fully saturated rings. The van der Waals surface area contributed by atoms with Crippen LogP contribution in [-0.4, -0.2) is 40.7 Å². The van der Waals surface area contributed by atoms with Crippen molar-refractivity contribution >= 4 is 44.6 Å². The summed E-state index contributed by atoms with van der Waals surface area (Å²) in [6.07, 6.45) is 3.34. The number of hydrogen-bond acceptors (Lipinski definition) is 5. The van der Waals surface area contributed by atoms with Crippen LogP contribution in [0.5, 0.6) is 5.75 Å². The van der Waals surface area contributed by atoms with E-state index in [0.717, 1.165) is 19.3 Å². The molecule has 4 rings (SSSR count). The van der Waals surface area contributed by atoms with E-state index in [9.17, 15) is 13.2 Å². The van der Waals surface area contributed by atoms with Gasteiger partial charge >= 0.3 is 0 Å². The van der Waals surface area contributed by atoms with Crippen molar-refractivity contribution in [1.82, 2.24) is 0 Å². The molecule has 2 aliphatic rings. The van der Waals surface area contributed by atoms with Gasteiger partial charge in [0.1, 0.15) is 16.2 Å². The first-order valence-corrected chi connectivity index (χ1v) is 14.5. The summed E-state index contributed by atoms with van der Waals surface area (Å²) in [5.41, 5.74) is 0.407. The van der Waals surface area contributed by atoms with Crippen molar-refractivity contribution in [3.63, 3.8) is 0 Å². The number of rotatable bonds is 6. The Hall–Kier alpha value is -1.80. The summed E-state index contributed by atoms with van der Waals surface area (Å²) >= 11 is 12.9. The zero-order valence-electron chi connectivity index (χ0n) is 21.1. The van der Waals surface area contributed by atoms with Crippen LogP contribution in [0.1, 0.15) is 58.4 Å². The second-order valence-corrected chi connectivity index (χ2v) is 13.7. The number of benzene rings is 2. The number of halogens is 2. The summed E-state index contributed by atoms with van der Waals surface area (Å²) in [5, 5.41) is 0.759. The number of carbonyl (C=O) groups is 1. The van der Waals surface area contributed by atoms with Gasteiger partial charge in [-0.05, 0) is 74.1 Å². The first-order chi connectivity index (χ1) is 16.9. The van der Waals surface area contributed by atoms with E-state index in [1.165, 1.54) is 19.2 Å². The Labute approximate surface area is 223 Å². The third-order valence-corrected chi connectivity index (χ3v) is 10.4. The van der Waals surface area contributed by atoms with Gasteiger partial charge in [-0.1, -0.05) is 44.0 Å². The van der Waals surface area contributed by atoms with Gasteiger partial charge in [0.2, 0.25) is 5.91 Å². The molecule has 1 heterocycles. The van der Waals surface area contributed by atoms with Crippen LogP contribution in [0.4, 0.5) is 5.69 Å². The van der Waals surface area contributed by atoms with Crippen LogP contribution in [-0.2, 0) is 24.1 Å². The first-order valence-electron chi connectivity index (χ1n) is 12.2. The molecule has 1 aliphatic heterocycles. The molecule has 0 radical (unpaired) electrons. The highest BCUT2D eigenvalue weighted by molar-refractivity contribution is 7.92. The van der Waals surface area contributed by atoms with Crippen LogP contribution < -0.4 is 9.64 Å². The van der Waals surface area contributed by atoms with Gasteiger partial charge < -0.3 is 14.4 Å². The Kier molecular flexibility index (Phi) is 7.69. The van der Waals surface area contributed by atoms with E-state index in [1.807, 2.05) is 20.8 Å². The van der Waals surface area contributed by atoms with Crippen molar-refractivity contribution in [2.45, 2.75) is 68.6 Å². The predicted octanol–water partition coefficient (Wildman–Crippen LogP) is 6.41. The molecule has 0 bridgehead atoms. The van der Waals surface area contributed by atoms with Crippen LogP contribution in [0.2, 0.25) is 10.0 Å². The van der Waals surface area contributed by atoms with Gasteiger partial charge in [0.25, 0.3) is 0 Å². The standard InChI is InChI=1S/C27H33Cl2NO5S/c1-26(2,3)25(31)30(20-6-5-7-20)24-22(29)16-18(17-23(24)34-4)27(12-14-35-15-13-27)36(32,33)21-10-8-19(28)9-11-21/h8-11,16-17,20H,5-7,12-15H2,1-4H3. The molecule has 0 atom stereocenters. The van der Waals surface area contributed by atoms with E-state index in [2.05, 4.69) is 0 Å². The van der Waals surface area contributed by atoms with Crippen LogP contribution >= 0.6 is 23.2 Å². The van der Waals surface area contributed by atoms with Crippen molar-refractivity contribution in [2.75, 3.05) is 25.2 Å². The molecule has 36 heavy (non-hydrogen) atoms. The number of methoxy groups -OCH3 is 1. The second-order valence-electron chi connectivity index (χ2n) is 10.6. The van der Waals surface area contributed by atoms with Gasteiger partial charge in [-0.3, -0.25) is 4.79 Å². The molecule has 6 nitrogen and oxygen atoms in total. The fourth-order valence-corrected chi connectivity index (χ4v) is 7.44. The summed E-state index contributed by atoms with van der Waals surface area (Å²) in [6, 6.07) is 9.68. The van der Waals surface area contributed by atoms with E-state index >= 15 is 0 Å². The number of anilines is 1. The molecule has 0 N–H and O–H groups in total. The van der Waals surface area contributed by atoms with Crippen molar-refractivity contribution in [3.8, 4) is 5.75 Å². The van der Waals surface area contributed by atoms with E-state index < -0.39 is 20.0 Å². The van der Waals surface area contributed by atoms with E-state index in [0.29, 0.717) is 40.3 Å². The Balaban J connectivity index is 1.89. The third kappa shape index (κ3) is 4.75. The van der Waals surface area contributed by atoms with Crippen molar-refractivity contribution in [2.24, 2.45) is 5.41 Å². The zero-order valence-corrected chi connectivity index (χ0v) is 23.5. The average molecular weight is 555 g/mol. The van der Waals surface area contributed by atoms with Crippen molar-refractivity contribution in [1.29, 1.82) is 0 Å². The normalized spacial score (nSPS) is 18.4. The average Bonchev–Trinajstić information content (AvgIpc) is 2.80. The minimum Gasteiger partial charge on any atom is -0.495 e. The smallest absolute Gasteiger partial charge is 0.232 e. The van der Waals surface area contributed by atoms with Crippen LogP contribution in [0.3, 0.4) is 0 Å². The van der Waals surface area contributed by atoms with Gasteiger partial charge in [0, 0.05) is 29.7 Å². The fourth-order valence-electron chi connectivity index (χ4n) is 4.94. The lowest BCUT2D eigenvalue weighted by molar-refractivity contribution is -0.126. The highest BCUT2D eigenvalue weighted by atomic mass is 35.5. The quantitative estimate of drug-likeness (QED) is 0.413. The molecule has 196 valence electrons. The molecule has 0 unspecified atom stereocenters. The Bertz CT molecular complexity index is 1230. The van der Waals surface area contributed by atoms with Crippen LogP contribution in [0.15, 0.2) is 41.3 Å². The number of ether oxygens (including phenoxy) is 2. The van der Waals surface area contributed by atoms with E-state index in [-0.39, 0.29) is 29.7 Å². The fraction of sp³-hybridized carbons (Fsp3) is 0.519. The van der Waals surface area contributed by atoms with Crippen LogP contribution in [0, 0.1) is 5.41 Å². The number of carbonyl (C=O) groups excluding carboxylic acids is 1. The first kappa shape index (κ1) is 27.2. The molecule has 0 aromatic heterocycles. The zero-order chi connectivity index (χ0) is 26.3. The summed E-state index contributed by atoms with van der Waals surface area (Å²) in [4.78, 5) is 15.5. The van der Waals surface area contributed by atoms with Gasteiger partial charge in [-0.2, -0.15) is 0 Å². The number of hydrogen-bond donors (Lipinski definition) is 0. The summed E-state index contributed by atoms with van der Waals surface area (Å²) in [7, 11) is -2.33. The Morgan fingerprint density at radius 2 is 1.69 bits per heavy atom. The third-order valence-electron chi connectivity index (χ3n) is 7.25. The van der Waals surface area contributed by atoms with Gasteiger partial charge in [0.15, 0.2) is 9.84 Å². The lowest BCUT2D eigenvalue weighted by atomic mass is 9.86. The lowest BCUT2D eigenvalue weighted by Gasteiger charge is -2.42. The molecule has 1 amide bonds. The maximum atomic E-state index is 14.1. The molecular formula is C27H33Cl2NO5S. The minimum absolute atomic E-state index is 0.0313. The van der Waals surface area contributed by atoms with Gasteiger partial charge in [-0.15, -0.1) is 0 Å². The lowest BCUT2D eigenvalue weighted by Crippen LogP contribution is -2.49. The molecule has 2 aromatic carbocycles. The number of nitrogens with zero attached hydrogens (tertiary/aromatic N) is 1. The van der Waals surface area contributed by atoms with E-state index in [1.54, 1.807) is 29.2 Å². The second kappa shape index (κ2) is 10.2. The number of amides is 1. The molecule has 9 heteroatoms. The summed E-state index contributed by atoms with van der Waals surface area (Å²) < 4.78 is 38.3. The molecule has 0 spiro atoms. The maximum Gasteiger partial charge on any atom is 0.232 e.